The van der Waals surface area contributed by atoms with Gasteiger partial charge in [-0.1, -0.05) is 41.4 Å². The normalized spacial score (nSPS) is 14.7. The van der Waals surface area contributed by atoms with Crippen molar-refractivity contribution in [2.75, 3.05) is 44.8 Å². The van der Waals surface area contributed by atoms with Crippen LogP contribution in [0.1, 0.15) is 17.2 Å². The largest absolute Gasteiger partial charge is 0.378 e. The van der Waals surface area contributed by atoms with Gasteiger partial charge in [0, 0.05) is 54.1 Å². The van der Waals surface area contributed by atoms with Crippen molar-refractivity contribution < 1.29 is 13.2 Å². The highest BCUT2D eigenvalue weighted by molar-refractivity contribution is 7.90. The Morgan fingerprint density at radius 2 is 1.81 bits per heavy atom. The average Bonchev–Trinajstić information content (AvgIpc) is 3.41. The van der Waals surface area contributed by atoms with Crippen molar-refractivity contribution in [1.29, 1.82) is 0 Å². The molecule has 2 aromatic carbocycles. The summed E-state index contributed by atoms with van der Waals surface area (Å²) in [6.07, 6.45) is 5.01. The molecule has 1 aliphatic heterocycles. The topological polar surface area (TPSA) is 98.5 Å². The first-order chi connectivity index (χ1) is 20.8. The van der Waals surface area contributed by atoms with Crippen LogP contribution in [0.3, 0.4) is 0 Å². The predicted octanol–water partition coefficient (Wildman–Crippen LogP) is 4.71. The van der Waals surface area contributed by atoms with E-state index in [4.69, 9.17) is 16.3 Å². The zero-order chi connectivity index (χ0) is 30.1. The summed E-state index contributed by atoms with van der Waals surface area (Å²) in [5.41, 5.74) is 3.99. The Kier molecular flexibility index (Phi) is 8.11. The molecular weight excluding hydrogens is 586 g/mol. The number of aryl methyl sites for hydroxylation is 1. The summed E-state index contributed by atoms with van der Waals surface area (Å²) < 4.78 is 36.1. The van der Waals surface area contributed by atoms with Crippen LogP contribution < -0.4 is 15.8 Å². The summed E-state index contributed by atoms with van der Waals surface area (Å²) >= 11 is 6.26. The maximum atomic E-state index is 13.9. The Bertz CT molecular complexity index is 1950. The van der Waals surface area contributed by atoms with Gasteiger partial charge in [0.05, 0.1) is 36.0 Å². The van der Waals surface area contributed by atoms with Gasteiger partial charge in [-0.15, -0.1) is 0 Å². The number of hydrogen-bond donors (Lipinski definition) is 1. The van der Waals surface area contributed by atoms with E-state index < -0.39 is 10.0 Å². The standard InChI is InChI=1S/C32H32ClN5O4S/c1-22-6-8-27(9-7-22)43(40,41)38-21-29(28-18-26(19-35-32(28)38)36-12-14-42-15-13-36)23-10-11-37(31(39)17-23)30(20-34-2)24-4-3-5-25(33)16-24/h3-11,16-19,21,30,34H,12-15,20H2,1-2H3. The van der Waals surface area contributed by atoms with E-state index in [1.807, 2.05) is 44.3 Å². The van der Waals surface area contributed by atoms with E-state index in [9.17, 15) is 13.2 Å². The minimum atomic E-state index is -3.97. The molecule has 0 bridgehead atoms. The molecule has 222 valence electrons. The lowest BCUT2D eigenvalue weighted by Crippen LogP contribution is -2.36. The fourth-order valence-corrected chi connectivity index (χ4v) is 7.02. The first kappa shape index (κ1) is 29.1. The number of hydrogen-bond acceptors (Lipinski definition) is 7. The van der Waals surface area contributed by atoms with E-state index in [1.165, 1.54) is 3.97 Å². The quantitative estimate of drug-likeness (QED) is 0.269. The zero-order valence-corrected chi connectivity index (χ0v) is 25.5. The van der Waals surface area contributed by atoms with Crippen molar-refractivity contribution in [1.82, 2.24) is 18.8 Å². The molecule has 1 fully saturated rings. The van der Waals surface area contributed by atoms with E-state index in [0.717, 1.165) is 16.8 Å². The van der Waals surface area contributed by atoms with Crippen molar-refractivity contribution in [2.24, 2.45) is 0 Å². The van der Waals surface area contributed by atoms with Crippen LogP contribution in [0.25, 0.3) is 22.2 Å². The number of nitrogens with one attached hydrogen (secondary N) is 1. The molecule has 0 saturated carbocycles. The monoisotopic (exact) mass is 617 g/mol. The number of benzene rings is 2. The molecule has 43 heavy (non-hydrogen) atoms. The lowest BCUT2D eigenvalue weighted by molar-refractivity contribution is 0.122. The molecule has 1 aliphatic rings. The van der Waals surface area contributed by atoms with Crippen molar-refractivity contribution in [3.8, 4) is 11.1 Å². The number of likely N-dealkylation sites (N-methyl/N-ethyl adjacent to an activating group) is 1. The Labute approximate surface area is 255 Å². The molecule has 0 radical (unpaired) electrons. The van der Waals surface area contributed by atoms with Crippen LogP contribution in [0.5, 0.6) is 0 Å². The summed E-state index contributed by atoms with van der Waals surface area (Å²) in [4.78, 5) is 20.6. The van der Waals surface area contributed by atoms with Gasteiger partial charge < -0.3 is 19.5 Å². The number of fused-ring (bicyclic) bond motifs is 1. The molecule has 0 spiro atoms. The molecule has 0 aliphatic carbocycles. The fraction of sp³-hybridized carbons (Fsp3) is 0.250. The number of anilines is 1. The number of morpholine rings is 1. The van der Waals surface area contributed by atoms with Gasteiger partial charge in [-0.05, 0) is 61.5 Å². The van der Waals surface area contributed by atoms with Gasteiger partial charge >= 0.3 is 0 Å². The van der Waals surface area contributed by atoms with Crippen molar-refractivity contribution >= 4 is 38.3 Å². The second-order valence-corrected chi connectivity index (χ2v) is 12.9. The van der Waals surface area contributed by atoms with Crippen molar-refractivity contribution in [3.05, 3.63) is 112 Å². The number of aromatic nitrogens is 3. The molecule has 3 aromatic heterocycles. The second-order valence-electron chi connectivity index (χ2n) is 10.6. The summed E-state index contributed by atoms with van der Waals surface area (Å²) in [6, 6.07) is 19.2. The molecule has 9 nitrogen and oxygen atoms in total. The van der Waals surface area contributed by atoms with E-state index in [1.54, 1.807) is 59.6 Å². The summed E-state index contributed by atoms with van der Waals surface area (Å²) in [6.45, 7) is 5.04. The Balaban J connectivity index is 1.50. The van der Waals surface area contributed by atoms with Gasteiger partial charge in [0.2, 0.25) is 0 Å². The minimum absolute atomic E-state index is 0.160. The smallest absolute Gasteiger partial charge is 0.269 e. The predicted molar refractivity (Wildman–Crippen MR) is 170 cm³/mol. The third kappa shape index (κ3) is 5.71. The number of halogens is 1. The van der Waals surface area contributed by atoms with E-state index >= 15 is 0 Å². The molecule has 1 unspecified atom stereocenters. The van der Waals surface area contributed by atoms with Crippen LogP contribution in [0.15, 0.2) is 95.0 Å². The first-order valence-corrected chi connectivity index (χ1v) is 15.9. The first-order valence-electron chi connectivity index (χ1n) is 14.0. The van der Waals surface area contributed by atoms with Crippen LogP contribution >= 0.6 is 11.6 Å². The molecule has 11 heteroatoms. The highest BCUT2D eigenvalue weighted by atomic mass is 35.5. The average molecular weight is 618 g/mol. The van der Waals surface area contributed by atoms with Crippen LogP contribution in [0.2, 0.25) is 5.02 Å². The third-order valence-corrected chi connectivity index (χ3v) is 9.68. The number of nitrogens with zero attached hydrogens (tertiary/aromatic N) is 4. The van der Waals surface area contributed by atoms with Crippen LogP contribution in [-0.2, 0) is 14.8 Å². The molecular formula is C32H32ClN5O4S. The number of ether oxygens (including phenoxy) is 1. The summed E-state index contributed by atoms with van der Waals surface area (Å²) in [5, 5.41) is 4.39. The Hall–Kier alpha value is -3.96. The molecule has 6 rings (SSSR count). The maximum absolute atomic E-state index is 13.9. The van der Waals surface area contributed by atoms with Gasteiger partial charge in [-0.2, -0.15) is 0 Å². The van der Waals surface area contributed by atoms with Crippen molar-refractivity contribution in [2.45, 2.75) is 17.9 Å². The lowest BCUT2D eigenvalue weighted by Gasteiger charge is -2.28. The van der Waals surface area contributed by atoms with Gasteiger partial charge in [0.25, 0.3) is 15.6 Å². The maximum Gasteiger partial charge on any atom is 0.269 e. The van der Waals surface area contributed by atoms with E-state index in [0.29, 0.717) is 60.0 Å². The highest BCUT2D eigenvalue weighted by Crippen LogP contribution is 2.34. The Morgan fingerprint density at radius 1 is 1.05 bits per heavy atom. The number of pyridine rings is 2. The van der Waals surface area contributed by atoms with E-state index in [2.05, 4.69) is 15.2 Å². The molecule has 5 aromatic rings. The van der Waals surface area contributed by atoms with E-state index in [-0.39, 0.29) is 16.5 Å². The highest BCUT2D eigenvalue weighted by Gasteiger charge is 2.25. The SMILES string of the molecule is CNCC(c1cccc(Cl)c1)n1ccc(-c2cn(S(=O)(=O)c3ccc(C)cc3)c3ncc(N4CCOCC4)cc23)cc1=O. The third-order valence-electron chi connectivity index (χ3n) is 7.78. The second kappa shape index (κ2) is 12.0. The summed E-state index contributed by atoms with van der Waals surface area (Å²) in [7, 11) is -2.14. The van der Waals surface area contributed by atoms with Crippen LogP contribution in [0, 0.1) is 6.92 Å². The van der Waals surface area contributed by atoms with Gasteiger partial charge in [0.1, 0.15) is 0 Å². The lowest BCUT2D eigenvalue weighted by atomic mass is 10.0. The molecule has 1 atom stereocenters. The molecule has 4 heterocycles. The number of rotatable bonds is 8. The van der Waals surface area contributed by atoms with Gasteiger partial charge in [-0.25, -0.2) is 17.4 Å². The Morgan fingerprint density at radius 3 is 2.51 bits per heavy atom. The minimum Gasteiger partial charge on any atom is -0.378 e. The van der Waals surface area contributed by atoms with Crippen LogP contribution in [-0.4, -0.2) is 61.8 Å². The van der Waals surface area contributed by atoms with Crippen molar-refractivity contribution in [3.63, 3.8) is 0 Å². The molecule has 1 saturated heterocycles. The zero-order valence-electron chi connectivity index (χ0n) is 23.9. The van der Waals surface area contributed by atoms with Gasteiger partial charge in [0.15, 0.2) is 5.65 Å². The fourth-order valence-electron chi connectivity index (χ4n) is 5.50. The summed E-state index contributed by atoms with van der Waals surface area (Å²) in [5.74, 6) is 0. The molecule has 0 amide bonds. The van der Waals surface area contributed by atoms with Crippen LogP contribution in [0.4, 0.5) is 5.69 Å². The molecule has 1 N–H and O–H groups in total. The van der Waals surface area contributed by atoms with Gasteiger partial charge in [-0.3, -0.25) is 4.79 Å².